The maximum Gasteiger partial charge on any atom is 0.345 e. The average Bonchev–Trinajstić information content (AvgIpc) is 2.17. The first-order valence-corrected chi connectivity index (χ1v) is 4.58. The maximum absolute atomic E-state index is 11.5. The third-order valence-electron chi connectivity index (χ3n) is 2.71. The van der Waals surface area contributed by atoms with Crippen LogP contribution in [-0.2, 0) is 0 Å². The molecule has 2 heterocycles. The molecule has 0 radical (unpaired) electrons. The molecule has 0 aromatic carbocycles. The van der Waals surface area contributed by atoms with Crippen LogP contribution < -0.4 is 0 Å². The minimum Gasteiger partial charge on any atom is -0.336 e. The summed E-state index contributed by atoms with van der Waals surface area (Å²) in [5.41, 5.74) is 1.09. The number of amidine groups is 1. The Hall–Kier alpha value is -1.58. The fourth-order valence-corrected chi connectivity index (χ4v) is 1.64. The molecule has 4 nitrogen and oxygen atoms in total. The number of carbonyl (C=O) groups excluding carboxylic acids is 1. The van der Waals surface area contributed by atoms with Crippen LogP contribution in [0, 0.1) is 0 Å². The number of likely N-dealkylation sites (N-methyl/N-ethyl adjacent to an activating group) is 2. The summed E-state index contributed by atoms with van der Waals surface area (Å²) in [6.45, 7) is 2.01. The van der Waals surface area contributed by atoms with E-state index >= 15 is 0 Å². The van der Waals surface area contributed by atoms with Gasteiger partial charge in [-0.25, -0.2) is 4.79 Å². The van der Waals surface area contributed by atoms with Crippen molar-refractivity contribution in [1.29, 1.82) is 0 Å². The third kappa shape index (κ3) is 1.14. The molecule has 0 bridgehead atoms. The molecule has 4 heteroatoms. The molecule has 0 aliphatic carbocycles. The topological polar surface area (TPSA) is 35.9 Å². The van der Waals surface area contributed by atoms with Crippen molar-refractivity contribution in [2.24, 2.45) is 4.99 Å². The van der Waals surface area contributed by atoms with Crippen molar-refractivity contribution in [3.05, 3.63) is 23.9 Å². The summed E-state index contributed by atoms with van der Waals surface area (Å²) in [5, 5.41) is 0. The first kappa shape index (κ1) is 8.99. The molecule has 2 aliphatic rings. The molecule has 0 aromatic heterocycles. The number of hydrogen-bond acceptors (Lipinski definition) is 2. The molecule has 74 valence electrons. The molecular formula is C10H13N3O. The fourth-order valence-electron chi connectivity index (χ4n) is 1.64. The van der Waals surface area contributed by atoms with Gasteiger partial charge in [-0.1, -0.05) is 6.08 Å². The second kappa shape index (κ2) is 2.97. The van der Waals surface area contributed by atoms with Gasteiger partial charge >= 0.3 is 6.03 Å². The van der Waals surface area contributed by atoms with Crippen LogP contribution >= 0.6 is 0 Å². The third-order valence-corrected chi connectivity index (χ3v) is 2.71. The molecule has 0 saturated heterocycles. The van der Waals surface area contributed by atoms with Crippen LogP contribution in [-0.4, -0.2) is 41.8 Å². The average molecular weight is 191 g/mol. The Morgan fingerprint density at radius 1 is 1.43 bits per heavy atom. The molecule has 2 rings (SSSR count). The summed E-state index contributed by atoms with van der Waals surface area (Å²) < 4.78 is 0. The monoisotopic (exact) mass is 191 g/mol. The molecule has 2 aliphatic heterocycles. The number of amides is 2. The van der Waals surface area contributed by atoms with Gasteiger partial charge in [0.15, 0.2) is 0 Å². The van der Waals surface area contributed by atoms with E-state index in [-0.39, 0.29) is 12.1 Å². The van der Waals surface area contributed by atoms with Crippen LogP contribution in [0.3, 0.4) is 0 Å². The van der Waals surface area contributed by atoms with Crippen LogP contribution in [0.5, 0.6) is 0 Å². The van der Waals surface area contributed by atoms with Gasteiger partial charge in [0.1, 0.15) is 5.84 Å². The fraction of sp³-hybridized carbons (Fsp3) is 0.400. The van der Waals surface area contributed by atoms with Gasteiger partial charge in [0.25, 0.3) is 0 Å². The number of allylic oxidation sites excluding steroid dienone is 2. The highest BCUT2D eigenvalue weighted by atomic mass is 16.2. The van der Waals surface area contributed by atoms with Gasteiger partial charge in [-0.15, -0.1) is 0 Å². The van der Waals surface area contributed by atoms with Gasteiger partial charge in [-0.3, -0.25) is 0 Å². The second-order valence-corrected chi connectivity index (χ2v) is 3.58. The van der Waals surface area contributed by atoms with Gasteiger partial charge in [0, 0.05) is 25.9 Å². The molecule has 0 aromatic rings. The molecule has 2 amide bonds. The van der Waals surface area contributed by atoms with E-state index in [0.717, 1.165) is 11.4 Å². The van der Waals surface area contributed by atoms with Gasteiger partial charge < -0.3 is 9.80 Å². The lowest BCUT2D eigenvalue weighted by Crippen LogP contribution is -2.45. The molecule has 1 unspecified atom stereocenters. The minimum atomic E-state index is -0.174. The van der Waals surface area contributed by atoms with Crippen molar-refractivity contribution in [3.8, 4) is 0 Å². The van der Waals surface area contributed by atoms with Gasteiger partial charge in [0.05, 0.1) is 6.04 Å². The summed E-state index contributed by atoms with van der Waals surface area (Å²) in [6.07, 6.45) is 5.87. The van der Waals surface area contributed by atoms with Crippen LogP contribution in [0.1, 0.15) is 6.92 Å². The smallest absolute Gasteiger partial charge is 0.336 e. The van der Waals surface area contributed by atoms with E-state index < -0.39 is 0 Å². The van der Waals surface area contributed by atoms with Crippen molar-refractivity contribution < 1.29 is 4.79 Å². The van der Waals surface area contributed by atoms with E-state index in [2.05, 4.69) is 4.99 Å². The Labute approximate surface area is 83.2 Å². The van der Waals surface area contributed by atoms with Crippen LogP contribution in [0.2, 0.25) is 0 Å². The number of carbonyl (C=O) groups is 1. The lowest BCUT2D eigenvalue weighted by molar-refractivity contribution is 0.208. The van der Waals surface area contributed by atoms with Crippen LogP contribution in [0.4, 0.5) is 4.79 Å². The predicted molar refractivity (Wildman–Crippen MR) is 55.0 cm³/mol. The first-order chi connectivity index (χ1) is 6.61. The second-order valence-electron chi connectivity index (χ2n) is 3.58. The zero-order chi connectivity index (χ0) is 10.3. The van der Waals surface area contributed by atoms with Crippen molar-refractivity contribution in [2.75, 3.05) is 14.1 Å². The number of fused-ring (bicyclic) bond motifs is 1. The first-order valence-electron chi connectivity index (χ1n) is 4.58. The number of urea groups is 1. The van der Waals surface area contributed by atoms with E-state index in [9.17, 15) is 4.79 Å². The molecule has 0 fully saturated rings. The van der Waals surface area contributed by atoms with Gasteiger partial charge in [-0.05, 0) is 13.0 Å². The number of nitrogens with zero attached hydrogens (tertiary/aromatic N) is 3. The van der Waals surface area contributed by atoms with E-state index in [4.69, 9.17) is 0 Å². The van der Waals surface area contributed by atoms with E-state index in [1.54, 1.807) is 11.9 Å². The Morgan fingerprint density at radius 2 is 2.14 bits per heavy atom. The number of aliphatic imine (C=N–C) groups is 1. The lowest BCUT2D eigenvalue weighted by atomic mass is 10.0. The summed E-state index contributed by atoms with van der Waals surface area (Å²) in [4.78, 5) is 19.0. The zero-order valence-electron chi connectivity index (χ0n) is 8.56. The highest BCUT2D eigenvalue weighted by molar-refractivity contribution is 6.08. The van der Waals surface area contributed by atoms with Crippen LogP contribution in [0.15, 0.2) is 28.9 Å². The van der Waals surface area contributed by atoms with Gasteiger partial charge in [-0.2, -0.15) is 4.99 Å². The van der Waals surface area contributed by atoms with Crippen molar-refractivity contribution in [3.63, 3.8) is 0 Å². The Bertz CT molecular complexity index is 368. The highest BCUT2D eigenvalue weighted by Gasteiger charge is 2.30. The van der Waals surface area contributed by atoms with Gasteiger partial charge in [0.2, 0.25) is 0 Å². The van der Waals surface area contributed by atoms with Crippen molar-refractivity contribution in [2.45, 2.75) is 13.0 Å². The van der Waals surface area contributed by atoms with E-state index in [1.807, 2.05) is 37.2 Å². The largest absolute Gasteiger partial charge is 0.345 e. The highest BCUT2D eigenvalue weighted by Crippen LogP contribution is 2.21. The predicted octanol–water partition coefficient (Wildman–Crippen LogP) is 1.22. The molecule has 0 spiro atoms. The lowest BCUT2D eigenvalue weighted by Gasteiger charge is -2.34. The SMILES string of the molecule is CC1C2=CC=CN(C)C2=NC(=O)N1C. The van der Waals surface area contributed by atoms with Crippen molar-refractivity contribution in [1.82, 2.24) is 9.80 Å². The van der Waals surface area contributed by atoms with E-state index in [0.29, 0.717) is 0 Å². The zero-order valence-corrected chi connectivity index (χ0v) is 8.56. The van der Waals surface area contributed by atoms with E-state index in [1.165, 1.54) is 0 Å². The Kier molecular flexibility index (Phi) is 1.91. The number of hydrogen-bond donors (Lipinski definition) is 0. The summed E-state index contributed by atoms with van der Waals surface area (Å²) in [7, 11) is 3.67. The minimum absolute atomic E-state index is 0.0994. The van der Waals surface area contributed by atoms with Crippen molar-refractivity contribution >= 4 is 11.9 Å². The summed E-state index contributed by atoms with van der Waals surface area (Å²) in [5.74, 6) is 0.767. The molecule has 1 atom stereocenters. The maximum atomic E-state index is 11.5. The quantitative estimate of drug-likeness (QED) is 0.577. The molecule has 0 N–H and O–H groups in total. The standard InChI is InChI=1S/C10H13N3O/c1-7-8-5-4-6-12(2)9(8)11-10(14)13(7)3/h4-7H,1-3H3. The molecule has 0 saturated carbocycles. The summed E-state index contributed by atoms with van der Waals surface area (Å²) in [6, 6.07) is -0.0748. The molecular weight excluding hydrogens is 178 g/mol. The normalized spacial score (nSPS) is 25.9. The number of rotatable bonds is 0. The summed E-state index contributed by atoms with van der Waals surface area (Å²) >= 11 is 0. The molecule has 14 heavy (non-hydrogen) atoms. The Morgan fingerprint density at radius 3 is 2.86 bits per heavy atom. The van der Waals surface area contributed by atoms with Crippen LogP contribution in [0.25, 0.3) is 0 Å². The Balaban J connectivity index is 2.48.